The molecule has 0 saturated heterocycles. The van der Waals surface area contributed by atoms with Crippen molar-refractivity contribution in [1.29, 1.82) is 0 Å². The smallest absolute Gasteiger partial charge is 0.261 e. The van der Waals surface area contributed by atoms with E-state index in [0.717, 1.165) is 17.1 Å². The third-order valence-electron chi connectivity index (χ3n) is 4.62. The van der Waals surface area contributed by atoms with Gasteiger partial charge < -0.3 is 14.8 Å². The van der Waals surface area contributed by atoms with Crippen LogP contribution in [0.25, 0.3) is 0 Å². The van der Waals surface area contributed by atoms with E-state index < -0.39 is 6.10 Å². The molecule has 0 unspecified atom stereocenters. The van der Waals surface area contributed by atoms with E-state index >= 15 is 0 Å². The van der Waals surface area contributed by atoms with Crippen molar-refractivity contribution < 1.29 is 14.3 Å². The Morgan fingerprint density at radius 1 is 1.07 bits per heavy atom. The average Bonchev–Trinajstić information content (AvgIpc) is 2.66. The number of rotatable bonds is 9. The van der Waals surface area contributed by atoms with Gasteiger partial charge in [0.1, 0.15) is 18.1 Å². The molecule has 0 aliphatic rings. The molecule has 1 atom stereocenters. The standard InChI is InChI=1S/C23H31NO3/c1-6-21(27-19-12-11-17(4)18(5)15-19)23(25)24-13-14-26-22-10-8-7-9-20(22)16(2)3/h7-12,15-16,21H,6,13-14H2,1-5H3,(H,24,25)/t21-/m0/s1. The fourth-order valence-corrected chi connectivity index (χ4v) is 2.81. The van der Waals surface area contributed by atoms with Gasteiger partial charge in [-0.1, -0.05) is 45.0 Å². The van der Waals surface area contributed by atoms with Crippen molar-refractivity contribution in [2.24, 2.45) is 0 Å². The van der Waals surface area contributed by atoms with Crippen LogP contribution in [0.2, 0.25) is 0 Å². The molecule has 0 fully saturated rings. The Balaban J connectivity index is 1.84. The van der Waals surface area contributed by atoms with Crippen LogP contribution in [-0.4, -0.2) is 25.2 Å². The fourth-order valence-electron chi connectivity index (χ4n) is 2.81. The van der Waals surface area contributed by atoms with Crippen LogP contribution in [0.5, 0.6) is 11.5 Å². The largest absolute Gasteiger partial charge is 0.491 e. The van der Waals surface area contributed by atoms with Crippen LogP contribution in [0, 0.1) is 13.8 Å². The maximum atomic E-state index is 12.4. The predicted molar refractivity (Wildman–Crippen MR) is 110 cm³/mol. The Morgan fingerprint density at radius 2 is 1.81 bits per heavy atom. The number of carbonyl (C=O) groups is 1. The summed E-state index contributed by atoms with van der Waals surface area (Å²) in [5, 5.41) is 2.91. The number of benzene rings is 2. The van der Waals surface area contributed by atoms with Crippen molar-refractivity contribution in [3.63, 3.8) is 0 Å². The second-order valence-corrected chi connectivity index (χ2v) is 7.09. The quantitative estimate of drug-likeness (QED) is 0.647. The molecule has 0 aliphatic heterocycles. The number of para-hydroxylation sites is 1. The van der Waals surface area contributed by atoms with E-state index in [9.17, 15) is 4.79 Å². The fraction of sp³-hybridized carbons (Fsp3) is 0.435. The van der Waals surface area contributed by atoms with Gasteiger partial charge in [-0.25, -0.2) is 0 Å². The van der Waals surface area contributed by atoms with Crippen molar-refractivity contribution in [3.8, 4) is 11.5 Å². The lowest BCUT2D eigenvalue weighted by atomic mass is 10.0. The number of nitrogens with one attached hydrogen (secondary N) is 1. The number of amides is 1. The first-order valence-corrected chi connectivity index (χ1v) is 9.65. The highest BCUT2D eigenvalue weighted by atomic mass is 16.5. The Kier molecular flexibility index (Phi) is 7.71. The van der Waals surface area contributed by atoms with E-state index in [1.165, 1.54) is 11.1 Å². The summed E-state index contributed by atoms with van der Waals surface area (Å²) in [7, 11) is 0. The zero-order chi connectivity index (χ0) is 19.8. The van der Waals surface area contributed by atoms with Crippen LogP contribution in [0.15, 0.2) is 42.5 Å². The molecule has 2 aromatic rings. The van der Waals surface area contributed by atoms with Gasteiger partial charge in [0.2, 0.25) is 0 Å². The van der Waals surface area contributed by atoms with Gasteiger partial charge in [0.05, 0.1) is 6.54 Å². The summed E-state index contributed by atoms with van der Waals surface area (Å²) in [6.45, 7) is 11.2. The highest BCUT2D eigenvalue weighted by Gasteiger charge is 2.18. The molecule has 27 heavy (non-hydrogen) atoms. The summed E-state index contributed by atoms with van der Waals surface area (Å²) in [4.78, 5) is 12.4. The number of hydrogen-bond donors (Lipinski definition) is 1. The van der Waals surface area contributed by atoms with Gasteiger partial charge in [-0.2, -0.15) is 0 Å². The van der Waals surface area contributed by atoms with Crippen LogP contribution < -0.4 is 14.8 Å². The molecule has 2 rings (SSSR count). The van der Waals surface area contributed by atoms with Gasteiger partial charge in [-0.15, -0.1) is 0 Å². The van der Waals surface area contributed by atoms with Crippen molar-refractivity contribution in [2.45, 2.75) is 53.1 Å². The summed E-state index contributed by atoms with van der Waals surface area (Å²) in [6, 6.07) is 13.9. The molecule has 0 heterocycles. The molecule has 0 radical (unpaired) electrons. The Hall–Kier alpha value is -2.49. The lowest BCUT2D eigenvalue weighted by molar-refractivity contribution is -0.128. The van der Waals surface area contributed by atoms with Gasteiger partial charge in [0, 0.05) is 0 Å². The van der Waals surface area contributed by atoms with Crippen LogP contribution >= 0.6 is 0 Å². The normalized spacial score (nSPS) is 11.9. The van der Waals surface area contributed by atoms with E-state index in [0.29, 0.717) is 25.5 Å². The molecular formula is C23H31NO3. The number of aryl methyl sites for hydroxylation is 2. The molecule has 146 valence electrons. The van der Waals surface area contributed by atoms with Crippen molar-refractivity contribution in [3.05, 3.63) is 59.2 Å². The molecule has 2 aromatic carbocycles. The lowest BCUT2D eigenvalue weighted by Gasteiger charge is -2.18. The monoisotopic (exact) mass is 369 g/mol. The minimum Gasteiger partial charge on any atom is -0.491 e. The number of carbonyl (C=O) groups excluding carboxylic acids is 1. The maximum absolute atomic E-state index is 12.4. The molecule has 1 N–H and O–H groups in total. The van der Waals surface area contributed by atoms with E-state index in [-0.39, 0.29) is 5.91 Å². The van der Waals surface area contributed by atoms with Crippen molar-refractivity contribution in [1.82, 2.24) is 5.32 Å². The van der Waals surface area contributed by atoms with E-state index in [1.807, 2.05) is 50.2 Å². The summed E-state index contributed by atoms with van der Waals surface area (Å²) >= 11 is 0. The molecule has 0 saturated carbocycles. The summed E-state index contributed by atoms with van der Waals surface area (Å²) in [5.74, 6) is 1.88. The van der Waals surface area contributed by atoms with Crippen LogP contribution in [0.1, 0.15) is 49.8 Å². The van der Waals surface area contributed by atoms with Gasteiger partial charge in [-0.3, -0.25) is 4.79 Å². The molecule has 0 bridgehead atoms. The van der Waals surface area contributed by atoms with Crippen LogP contribution in [-0.2, 0) is 4.79 Å². The van der Waals surface area contributed by atoms with Gasteiger partial charge in [0.25, 0.3) is 5.91 Å². The summed E-state index contributed by atoms with van der Waals surface area (Å²) < 4.78 is 11.7. The number of ether oxygens (including phenoxy) is 2. The molecule has 0 aliphatic carbocycles. The van der Waals surface area contributed by atoms with Gasteiger partial charge >= 0.3 is 0 Å². The first-order valence-electron chi connectivity index (χ1n) is 9.65. The first kappa shape index (κ1) is 20.8. The first-order chi connectivity index (χ1) is 12.9. The molecule has 4 nitrogen and oxygen atoms in total. The number of hydrogen-bond acceptors (Lipinski definition) is 3. The zero-order valence-electron chi connectivity index (χ0n) is 17.0. The van der Waals surface area contributed by atoms with Crippen molar-refractivity contribution in [2.75, 3.05) is 13.2 Å². The highest BCUT2D eigenvalue weighted by molar-refractivity contribution is 5.81. The van der Waals surface area contributed by atoms with Crippen LogP contribution in [0.3, 0.4) is 0 Å². The SMILES string of the molecule is CC[C@H](Oc1ccc(C)c(C)c1)C(=O)NCCOc1ccccc1C(C)C. The Morgan fingerprint density at radius 3 is 2.48 bits per heavy atom. The van der Waals surface area contributed by atoms with Crippen LogP contribution in [0.4, 0.5) is 0 Å². The second kappa shape index (κ2) is 10.0. The molecule has 1 amide bonds. The molecule has 4 heteroatoms. The predicted octanol–water partition coefficient (Wildman–Crippen LogP) is 4.78. The van der Waals surface area contributed by atoms with E-state index in [1.54, 1.807) is 0 Å². The third-order valence-corrected chi connectivity index (χ3v) is 4.62. The van der Waals surface area contributed by atoms with E-state index in [4.69, 9.17) is 9.47 Å². The summed E-state index contributed by atoms with van der Waals surface area (Å²) in [5.41, 5.74) is 3.53. The molecule has 0 aromatic heterocycles. The topological polar surface area (TPSA) is 47.6 Å². The Labute approximate surface area is 162 Å². The van der Waals surface area contributed by atoms with E-state index in [2.05, 4.69) is 32.2 Å². The third kappa shape index (κ3) is 6.02. The maximum Gasteiger partial charge on any atom is 0.261 e. The minimum atomic E-state index is -0.505. The summed E-state index contributed by atoms with van der Waals surface area (Å²) in [6.07, 6.45) is 0.102. The van der Waals surface area contributed by atoms with Crippen molar-refractivity contribution >= 4 is 5.91 Å². The second-order valence-electron chi connectivity index (χ2n) is 7.09. The lowest BCUT2D eigenvalue weighted by Crippen LogP contribution is -2.39. The Bertz CT molecular complexity index is 755. The molecule has 0 spiro atoms. The minimum absolute atomic E-state index is 0.114. The zero-order valence-corrected chi connectivity index (χ0v) is 17.0. The van der Waals surface area contributed by atoms with Gasteiger partial charge in [-0.05, 0) is 61.1 Å². The molecular weight excluding hydrogens is 338 g/mol. The van der Waals surface area contributed by atoms with Gasteiger partial charge in [0.15, 0.2) is 6.10 Å². The average molecular weight is 370 g/mol. The highest BCUT2D eigenvalue weighted by Crippen LogP contribution is 2.25.